The lowest BCUT2D eigenvalue weighted by atomic mass is 9.96. The van der Waals surface area contributed by atoms with E-state index in [-0.39, 0.29) is 16.8 Å². The summed E-state index contributed by atoms with van der Waals surface area (Å²) >= 11 is 1.38. The first-order valence-corrected chi connectivity index (χ1v) is 12.0. The Hall–Kier alpha value is -2.21. The number of anilines is 1. The topological polar surface area (TPSA) is 90.3 Å². The van der Waals surface area contributed by atoms with Crippen LogP contribution in [0.3, 0.4) is 0 Å². The highest BCUT2D eigenvalue weighted by Crippen LogP contribution is 2.29. The van der Waals surface area contributed by atoms with Gasteiger partial charge in [-0.2, -0.15) is 9.57 Å². The molecule has 0 unspecified atom stereocenters. The van der Waals surface area contributed by atoms with Crippen molar-refractivity contribution in [2.24, 2.45) is 0 Å². The first-order valence-electron chi connectivity index (χ1n) is 9.79. The Morgan fingerprint density at radius 3 is 2.48 bits per heavy atom. The number of thiophene rings is 1. The zero-order valence-electron chi connectivity index (χ0n) is 16.6. The maximum absolute atomic E-state index is 12.9. The van der Waals surface area contributed by atoms with Crippen molar-refractivity contribution in [2.75, 3.05) is 12.4 Å². The van der Waals surface area contributed by atoms with Gasteiger partial charge in [-0.3, -0.25) is 4.79 Å². The SMILES string of the molecule is CCc1cc(C#N)c(NC(=O)c2ccc(S(=O)(=O)N(C)C3CCCCC3)cc2)s1. The minimum Gasteiger partial charge on any atom is -0.312 e. The summed E-state index contributed by atoms with van der Waals surface area (Å²) in [5.41, 5.74) is 0.785. The molecule has 0 bridgehead atoms. The van der Waals surface area contributed by atoms with Gasteiger partial charge in [-0.15, -0.1) is 11.3 Å². The number of rotatable bonds is 6. The van der Waals surface area contributed by atoms with Crippen LogP contribution in [0.25, 0.3) is 0 Å². The van der Waals surface area contributed by atoms with Gasteiger partial charge in [-0.1, -0.05) is 26.2 Å². The Labute approximate surface area is 176 Å². The Bertz CT molecular complexity index is 1010. The lowest BCUT2D eigenvalue weighted by Crippen LogP contribution is -2.38. The first kappa shape index (κ1) is 21.5. The van der Waals surface area contributed by atoms with Crippen molar-refractivity contribution in [3.63, 3.8) is 0 Å². The molecule has 8 heteroatoms. The zero-order valence-corrected chi connectivity index (χ0v) is 18.3. The van der Waals surface area contributed by atoms with E-state index in [0.29, 0.717) is 16.1 Å². The van der Waals surface area contributed by atoms with Gasteiger partial charge in [-0.05, 0) is 49.6 Å². The number of nitriles is 1. The molecule has 1 aromatic heterocycles. The van der Waals surface area contributed by atoms with Crippen LogP contribution in [0.2, 0.25) is 0 Å². The average molecular weight is 432 g/mol. The molecule has 6 nitrogen and oxygen atoms in total. The maximum Gasteiger partial charge on any atom is 0.256 e. The fraction of sp³-hybridized carbons (Fsp3) is 0.429. The largest absolute Gasteiger partial charge is 0.312 e. The molecule has 0 radical (unpaired) electrons. The van der Waals surface area contributed by atoms with Crippen molar-refractivity contribution in [3.8, 4) is 6.07 Å². The quantitative estimate of drug-likeness (QED) is 0.734. The summed E-state index contributed by atoms with van der Waals surface area (Å²) in [6.07, 6.45) is 5.82. The molecule has 2 aromatic rings. The molecule has 1 saturated carbocycles. The summed E-state index contributed by atoms with van der Waals surface area (Å²) < 4.78 is 27.3. The molecule has 0 spiro atoms. The molecule has 1 aliphatic rings. The van der Waals surface area contributed by atoms with E-state index in [0.717, 1.165) is 43.4 Å². The van der Waals surface area contributed by atoms with Crippen LogP contribution in [-0.4, -0.2) is 31.7 Å². The lowest BCUT2D eigenvalue weighted by molar-refractivity contribution is 0.102. The van der Waals surface area contributed by atoms with Crippen molar-refractivity contribution in [2.45, 2.75) is 56.4 Å². The molecule has 1 amide bonds. The first-order chi connectivity index (χ1) is 13.9. The van der Waals surface area contributed by atoms with E-state index in [1.54, 1.807) is 13.1 Å². The molecule has 1 heterocycles. The predicted molar refractivity (Wildman–Crippen MR) is 115 cm³/mol. The number of nitrogens with zero attached hydrogens (tertiary/aromatic N) is 2. The minimum absolute atomic E-state index is 0.0349. The highest BCUT2D eigenvalue weighted by atomic mass is 32.2. The summed E-state index contributed by atoms with van der Waals surface area (Å²) in [5.74, 6) is -0.365. The predicted octanol–water partition coefficient (Wildman–Crippen LogP) is 4.39. The van der Waals surface area contributed by atoms with Crippen LogP contribution in [0.15, 0.2) is 35.2 Å². The number of carbonyl (C=O) groups excluding carboxylic acids is 1. The van der Waals surface area contributed by atoms with Gasteiger partial charge in [0, 0.05) is 23.5 Å². The number of nitrogens with one attached hydrogen (secondary N) is 1. The van der Waals surface area contributed by atoms with Crippen LogP contribution < -0.4 is 5.32 Å². The molecular weight excluding hydrogens is 406 g/mol. The average Bonchev–Trinajstić information content (AvgIpc) is 3.15. The summed E-state index contributed by atoms with van der Waals surface area (Å²) in [7, 11) is -1.95. The number of sulfonamides is 1. The maximum atomic E-state index is 12.9. The van der Waals surface area contributed by atoms with Gasteiger partial charge in [0.1, 0.15) is 11.1 Å². The van der Waals surface area contributed by atoms with E-state index in [1.165, 1.54) is 39.9 Å². The van der Waals surface area contributed by atoms with Crippen LogP contribution in [0.1, 0.15) is 59.8 Å². The summed E-state index contributed by atoms with van der Waals surface area (Å²) in [4.78, 5) is 13.8. The molecule has 1 aromatic carbocycles. The molecule has 1 fully saturated rings. The molecule has 3 rings (SSSR count). The number of carbonyl (C=O) groups is 1. The van der Waals surface area contributed by atoms with Crippen LogP contribution in [0.5, 0.6) is 0 Å². The minimum atomic E-state index is -3.59. The second-order valence-electron chi connectivity index (χ2n) is 7.21. The summed E-state index contributed by atoms with van der Waals surface area (Å²) in [6.45, 7) is 1.99. The van der Waals surface area contributed by atoms with Gasteiger partial charge in [0.25, 0.3) is 5.91 Å². The van der Waals surface area contributed by atoms with Gasteiger partial charge in [0.05, 0.1) is 10.5 Å². The second kappa shape index (κ2) is 9.08. The van der Waals surface area contributed by atoms with Crippen LogP contribution >= 0.6 is 11.3 Å². The third-order valence-corrected chi connectivity index (χ3v) is 8.48. The highest BCUT2D eigenvalue weighted by molar-refractivity contribution is 7.89. The van der Waals surface area contributed by atoms with Crippen LogP contribution in [0.4, 0.5) is 5.00 Å². The molecule has 0 atom stereocenters. The smallest absolute Gasteiger partial charge is 0.256 e. The van der Waals surface area contributed by atoms with Crippen molar-refractivity contribution >= 4 is 32.3 Å². The Balaban J connectivity index is 1.74. The number of hydrogen-bond acceptors (Lipinski definition) is 5. The van der Waals surface area contributed by atoms with E-state index < -0.39 is 10.0 Å². The fourth-order valence-corrected chi connectivity index (χ4v) is 5.91. The number of aryl methyl sites for hydroxylation is 1. The number of amides is 1. The van der Waals surface area contributed by atoms with Gasteiger partial charge in [-0.25, -0.2) is 8.42 Å². The normalized spacial score (nSPS) is 15.2. The van der Waals surface area contributed by atoms with E-state index in [4.69, 9.17) is 0 Å². The van der Waals surface area contributed by atoms with Crippen molar-refractivity contribution in [1.82, 2.24) is 4.31 Å². The van der Waals surface area contributed by atoms with Crippen molar-refractivity contribution < 1.29 is 13.2 Å². The standard InChI is InChI=1S/C21H25N3O3S2/c1-3-18-13-16(14-22)21(28-18)23-20(25)15-9-11-19(12-10-15)29(26,27)24(2)17-7-5-4-6-8-17/h9-13,17H,3-8H2,1-2H3,(H,23,25). The number of hydrogen-bond donors (Lipinski definition) is 1. The molecule has 29 heavy (non-hydrogen) atoms. The third kappa shape index (κ3) is 4.69. The Kier molecular flexibility index (Phi) is 6.73. The molecule has 1 N–H and O–H groups in total. The molecule has 1 aliphatic carbocycles. The van der Waals surface area contributed by atoms with Crippen molar-refractivity contribution in [1.29, 1.82) is 5.26 Å². The second-order valence-corrected chi connectivity index (χ2v) is 10.3. The zero-order chi connectivity index (χ0) is 21.0. The molecule has 154 valence electrons. The highest BCUT2D eigenvalue weighted by Gasteiger charge is 2.29. The Morgan fingerprint density at radius 1 is 1.24 bits per heavy atom. The molecular formula is C21H25N3O3S2. The van der Waals surface area contributed by atoms with Gasteiger partial charge >= 0.3 is 0 Å². The van der Waals surface area contributed by atoms with Crippen LogP contribution in [-0.2, 0) is 16.4 Å². The third-order valence-electron chi connectivity index (χ3n) is 5.36. The monoisotopic (exact) mass is 431 g/mol. The number of benzene rings is 1. The summed E-state index contributed by atoms with van der Waals surface area (Å²) in [6, 6.07) is 9.87. The van der Waals surface area contributed by atoms with E-state index in [2.05, 4.69) is 11.4 Å². The van der Waals surface area contributed by atoms with E-state index in [1.807, 2.05) is 6.92 Å². The van der Waals surface area contributed by atoms with E-state index >= 15 is 0 Å². The van der Waals surface area contributed by atoms with Gasteiger partial charge in [0.15, 0.2) is 0 Å². The van der Waals surface area contributed by atoms with Gasteiger partial charge in [0.2, 0.25) is 10.0 Å². The van der Waals surface area contributed by atoms with E-state index in [9.17, 15) is 18.5 Å². The van der Waals surface area contributed by atoms with Gasteiger partial charge < -0.3 is 5.32 Å². The Morgan fingerprint density at radius 2 is 1.90 bits per heavy atom. The summed E-state index contributed by atoms with van der Waals surface area (Å²) in [5, 5.41) is 12.5. The molecule has 0 aliphatic heterocycles. The van der Waals surface area contributed by atoms with Crippen LogP contribution in [0, 0.1) is 11.3 Å². The van der Waals surface area contributed by atoms with Crippen molar-refractivity contribution in [3.05, 3.63) is 46.3 Å². The molecule has 0 saturated heterocycles. The lowest BCUT2D eigenvalue weighted by Gasteiger charge is -2.30. The fourth-order valence-electron chi connectivity index (χ4n) is 3.55.